The molecule has 0 radical (unpaired) electrons. The molecule has 14 heavy (non-hydrogen) atoms. The standard InChI is InChI=1S/C11H12O2S/c1-7-3-4-8(2)11-10(7)9(12)5-6-14(11)13/h3-4H,5-6H2,1-2H3. The Kier molecular flexibility index (Phi) is 2.27. The quantitative estimate of drug-likeness (QED) is 0.653. The van der Waals surface area contributed by atoms with E-state index in [2.05, 4.69) is 0 Å². The molecule has 2 rings (SSSR count). The second-order valence-corrected chi connectivity index (χ2v) is 5.13. The number of aryl methyl sites for hydroxylation is 2. The van der Waals surface area contributed by atoms with Crippen molar-refractivity contribution in [3.05, 3.63) is 28.8 Å². The van der Waals surface area contributed by atoms with E-state index >= 15 is 0 Å². The Morgan fingerprint density at radius 2 is 1.86 bits per heavy atom. The van der Waals surface area contributed by atoms with Gasteiger partial charge in [0.25, 0.3) is 0 Å². The summed E-state index contributed by atoms with van der Waals surface area (Å²) >= 11 is 0. The molecule has 0 fully saturated rings. The molecule has 1 aromatic carbocycles. The largest absolute Gasteiger partial charge is 0.294 e. The summed E-state index contributed by atoms with van der Waals surface area (Å²) in [5, 5.41) is 0. The smallest absolute Gasteiger partial charge is 0.165 e. The van der Waals surface area contributed by atoms with E-state index in [0.717, 1.165) is 16.0 Å². The number of hydrogen-bond donors (Lipinski definition) is 0. The predicted molar refractivity (Wildman–Crippen MR) is 56.1 cm³/mol. The molecular formula is C11H12O2S. The maximum absolute atomic E-state index is 11.8. The van der Waals surface area contributed by atoms with Crippen molar-refractivity contribution in [1.82, 2.24) is 0 Å². The van der Waals surface area contributed by atoms with E-state index in [0.29, 0.717) is 17.7 Å². The van der Waals surface area contributed by atoms with Crippen molar-refractivity contribution in [1.29, 1.82) is 0 Å². The summed E-state index contributed by atoms with van der Waals surface area (Å²) in [7, 11) is -0.979. The first-order chi connectivity index (χ1) is 6.61. The molecule has 3 heteroatoms. The number of hydrogen-bond acceptors (Lipinski definition) is 2. The van der Waals surface area contributed by atoms with Crippen molar-refractivity contribution in [3.8, 4) is 0 Å². The second-order valence-electron chi connectivity index (χ2n) is 3.63. The van der Waals surface area contributed by atoms with Gasteiger partial charge in [-0.25, -0.2) is 0 Å². The number of carbonyl (C=O) groups is 1. The summed E-state index contributed by atoms with van der Waals surface area (Å²) in [6.45, 7) is 3.81. The number of rotatable bonds is 0. The van der Waals surface area contributed by atoms with Crippen LogP contribution in [0.5, 0.6) is 0 Å². The minimum atomic E-state index is -0.979. The van der Waals surface area contributed by atoms with E-state index < -0.39 is 10.8 Å². The third-order valence-electron chi connectivity index (χ3n) is 2.58. The summed E-state index contributed by atoms with van der Waals surface area (Å²) in [5.74, 6) is 0.622. The van der Waals surface area contributed by atoms with Gasteiger partial charge in [0.1, 0.15) is 0 Å². The van der Waals surface area contributed by atoms with Crippen LogP contribution in [-0.2, 0) is 10.8 Å². The van der Waals surface area contributed by atoms with Crippen molar-refractivity contribution < 1.29 is 9.00 Å². The molecule has 1 atom stereocenters. The monoisotopic (exact) mass is 208 g/mol. The van der Waals surface area contributed by atoms with Gasteiger partial charge in [-0.2, -0.15) is 0 Å². The fourth-order valence-corrected chi connectivity index (χ4v) is 3.34. The van der Waals surface area contributed by atoms with E-state index in [9.17, 15) is 9.00 Å². The van der Waals surface area contributed by atoms with Gasteiger partial charge in [0, 0.05) is 17.7 Å². The lowest BCUT2D eigenvalue weighted by molar-refractivity contribution is 0.0983. The first-order valence-electron chi connectivity index (χ1n) is 4.63. The number of carbonyl (C=O) groups excluding carboxylic acids is 1. The SMILES string of the molecule is Cc1ccc(C)c2c1C(=O)CCS2=O. The van der Waals surface area contributed by atoms with Gasteiger partial charge >= 0.3 is 0 Å². The van der Waals surface area contributed by atoms with Crippen LogP contribution in [-0.4, -0.2) is 15.7 Å². The fourth-order valence-electron chi connectivity index (χ4n) is 1.84. The molecule has 1 unspecified atom stereocenters. The van der Waals surface area contributed by atoms with Crippen molar-refractivity contribution in [2.24, 2.45) is 0 Å². The molecule has 1 aliphatic heterocycles. The molecule has 2 nitrogen and oxygen atoms in total. The maximum atomic E-state index is 11.8. The second kappa shape index (κ2) is 3.31. The van der Waals surface area contributed by atoms with Crippen LogP contribution in [0.25, 0.3) is 0 Å². The molecule has 0 saturated heterocycles. The predicted octanol–water partition coefficient (Wildman–Crippen LogP) is 2.00. The molecule has 1 aliphatic rings. The van der Waals surface area contributed by atoms with Gasteiger partial charge in [0.15, 0.2) is 5.78 Å². The van der Waals surface area contributed by atoms with Crippen LogP contribution >= 0.6 is 0 Å². The molecule has 0 saturated carbocycles. The molecule has 1 heterocycles. The summed E-state index contributed by atoms with van der Waals surface area (Å²) in [6, 6.07) is 3.86. The van der Waals surface area contributed by atoms with E-state index in [4.69, 9.17) is 0 Å². The molecular weight excluding hydrogens is 196 g/mol. The Morgan fingerprint density at radius 1 is 1.21 bits per heavy atom. The minimum Gasteiger partial charge on any atom is -0.294 e. The minimum absolute atomic E-state index is 0.140. The average molecular weight is 208 g/mol. The first kappa shape index (κ1) is 9.59. The van der Waals surface area contributed by atoms with E-state index in [1.54, 1.807) is 0 Å². The van der Waals surface area contributed by atoms with Gasteiger partial charge in [-0.1, -0.05) is 12.1 Å². The summed E-state index contributed by atoms with van der Waals surface area (Å²) in [6.07, 6.45) is 0.421. The van der Waals surface area contributed by atoms with Crippen molar-refractivity contribution in [3.63, 3.8) is 0 Å². The molecule has 0 aliphatic carbocycles. The van der Waals surface area contributed by atoms with Crippen LogP contribution in [0, 0.1) is 13.8 Å². The van der Waals surface area contributed by atoms with Crippen LogP contribution in [0.15, 0.2) is 17.0 Å². The Morgan fingerprint density at radius 3 is 2.50 bits per heavy atom. The summed E-state index contributed by atoms with van der Waals surface area (Å²) < 4.78 is 11.8. The number of benzene rings is 1. The van der Waals surface area contributed by atoms with Gasteiger partial charge in [-0.15, -0.1) is 0 Å². The molecule has 0 amide bonds. The fraction of sp³-hybridized carbons (Fsp3) is 0.364. The van der Waals surface area contributed by atoms with Gasteiger partial charge in [0.2, 0.25) is 0 Å². The molecule has 74 valence electrons. The van der Waals surface area contributed by atoms with Crippen molar-refractivity contribution in [2.75, 3.05) is 5.75 Å². The molecule has 0 bridgehead atoms. The van der Waals surface area contributed by atoms with Crippen LogP contribution in [0.4, 0.5) is 0 Å². The number of ketones is 1. The van der Waals surface area contributed by atoms with Crippen molar-refractivity contribution in [2.45, 2.75) is 25.2 Å². The molecule has 1 aromatic rings. The lowest BCUT2D eigenvalue weighted by Crippen LogP contribution is -2.19. The van der Waals surface area contributed by atoms with Crippen molar-refractivity contribution >= 4 is 16.6 Å². The lowest BCUT2D eigenvalue weighted by Gasteiger charge is -2.18. The van der Waals surface area contributed by atoms with Crippen LogP contribution in [0.1, 0.15) is 27.9 Å². The summed E-state index contributed by atoms with van der Waals surface area (Å²) in [5.41, 5.74) is 2.62. The maximum Gasteiger partial charge on any atom is 0.165 e. The van der Waals surface area contributed by atoms with E-state index in [-0.39, 0.29) is 5.78 Å². The summed E-state index contributed by atoms with van der Waals surface area (Å²) in [4.78, 5) is 12.4. The zero-order chi connectivity index (χ0) is 10.3. The molecule has 0 aromatic heterocycles. The Labute approximate surface area is 85.8 Å². The molecule has 0 spiro atoms. The zero-order valence-electron chi connectivity index (χ0n) is 8.29. The first-order valence-corrected chi connectivity index (χ1v) is 5.95. The topological polar surface area (TPSA) is 34.1 Å². The van der Waals surface area contributed by atoms with Crippen LogP contribution in [0.2, 0.25) is 0 Å². The van der Waals surface area contributed by atoms with Gasteiger partial charge in [-0.05, 0) is 25.0 Å². The highest BCUT2D eigenvalue weighted by atomic mass is 32.2. The average Bonchev–Trinajstić information content (AvgIpc) is 2.16. The Bertz CT molecular complexity index is 394. The highest BCUT2D eigenvalue weighted by Crippen LogP contribution is 2.27. The number of Topliss-reactive ketones (excluding diaryl/α,β-unsaturated/α-hetero) is 1. The van der Waals surface area contributed by atoms with Crippen LogP contribution < -0.4 is 0 Å². The van der Waals surface area contributed by atoms with Gasteiger partial charge in [-0.3, -0.25) is 9.00 Å². The highest BCUT2D eigenvalue weighted by molar-refractivity contribution is 7.85. The highest BCUT2D eigenvalue weighted by Gasteiger charge is 2.25. The van der Waals surface area contributed by atoms with E-state index in [1.165, 1.54) is 0 Å². The normalized spacial score (nSPS) is 20.7. The Balaban J connectivity index is 2.77. The van der Waals surface area contributed by atoms with Crippen LogP contribution in [0.3, 0.4) is 0 Å². The van der Waals surface area contributed by atoms with E-state index in [1.807, 2.05) is 26.0 Å². The third-order valence-corrected chi connectivity index (χ3v) is 4.14. The Hall–Kier alpha value is -0.960. The zero-order valence-corrected chi connectivity index (χ0v) is 9.11. The molecule has 0 N–H and O–H groups in total. The van der Waals surface area contributed by atoms with Gasteiger partial charge < -0.3 is 0 Å². The number of fused-ring (bicyclic) bond motifs is 1. The lowest BCUT2D eigenvalue weighted by atomic mass is 10.00. The third kappa shape index (κ3) is 1.32. The van der Waals surface area contributed by atoms with Gasteiger partial charge in [0.05, 0.1) is 15.7 Å².